The highest BCUT2D eigenvalue weighted by Gasteiger charge is 2.65. The van der Waals surface area contributed by atoms with E-state index in [1.54, 1.807) is 37.3 Å². The van der Waals surface area contributed by atoms with Crippen molar-refractivity contribution < 1.29 is 118 Å². The first-order valence-electron chi connectivity index (χ1n) is 32.6. The second kappa shape index (κ2) is 30.2. The molecule has 23 N–H and O–H groups in total. The minimum absolute atomic E-state index is 0.00374. The number of rotatable bonds is 25. The summed E-state index contributed by atoms with van der Waals surface area (Å²) in [7, 11) is 0. The van der Waals surface area contributed by atoms with Crippen LogP contribution >= 0.6 is 0 Å². The van der Waals surface area contributed by atoms with Crippen molar-refractivity contribution in [1.82, 2.24) is 42.1 Å². The molecule has 35 heteroatoms. The minimum atomic E-state index is -2.28. The number of nitrogens with two attached hydrogens (primary N) is 1. The Morgan fingerprint density at radius 3 is 1.98 bits per heavy atom. The Labute approximate surface area is 555 Å². The Bertz CT molecular complexity index is 3080. The molecule has 0 aromatic heterocycles. The molecule has 1 spiro atoms. The minimum Gasteiger partial charge on any atom is -0.462 e. The first-order chi connectivity index (χ1) is 46.4. The molecule has 35 nitrogen and oxygen atoms in total. The lowest BCUT2D eigenvalue weighted by Crippen LogP contribution is -2.71. The van der Waals surface area contributed by atoms with Crippen molar-refractivity contribution in [2.24, 2.45) is 29.4 Å². The summed E-state index contributed by atoms with van der Waals surface area (Å²) in [6, 6.07) is 2.20. The molecule has 25 atom stereocenters. The Morgan fingerprint density at radius 1 is 0.711 bits per heavy atom. The maximum absolute atomic E-state index is 15.0. The summed E-state index contributed by atoms with van der Waals surface area (Å²) in [6.45, 7) is -1.70. The molecular weight excluding hydrogens is 1280 g/mol. The fraction of sp³-hybridized carbons (Fsp3) is 0.694. The average Bonchev–Trinajstić information content (AvgIpc) is 1.18. The molecule has 6 heterocycles. The highest BCUT2D eigenvalue weighted by molar-refractivity contribution is 5.96. The molecule has 535 valence electrons. The number of guanidine groups is 2. The number of nitrogens with one attached hydrogen (secondary N) is 9. The highest BCUT2D eigenvalue weighted by Crippen LogP contribution is 2.61. The van der Waals surface area contributed by atoms with Gasteiger partial charge in [-0.05, 0) is 67.2 Å². The fourth-order valence-corrected chi connectivity index (χ4v) is 15.4. The van der Waals surface area contributed by atoms with Gasteiger partial charge in [0, 0.05) is 37.3 Å². The predicted octanol–water partition coefficient (Wildman–Crippen LogP) is -9.15. The van der Waals surface area contributed by atoms with E-state index in [-0.39, 0.29) is 42.3 Å². The van der Waals surface area contributed by atoms with E-state index in [9.17, 15) is 85.3 Å². The number of carbonyl (C=O) groups is 4. The van der Waals surface area contributed by atoms with E-state index >= 15 is 0 Å². The summed E-state index contributed by atoms with van der Waals surface area (Å²) in [4.78, 5) is 71.0. The highest BCUT2D eigenvalue weighted by atomic mass is 16.8. The zero-order valence-corrected chi connectivity index (χ0v) is 52.7. The number of hydrogen-bond donors (Lipinski definition) is 22. The van der Waals surface area contributed by atoms with Gasteiger partial charge >= 0.3 is 0 Å². The summed E-state index contributed by atoms with van der Waals surface area (Å²) < 4.78 is 42.9. The molecule has 4 bridgehead atoms. The molecule has 6 aliphatic heterocycles. The van der Waals surface area contributed by atoms with Gasteiger partial charge in [-0.15, -0.1) is 0 Å². The molecule has 1 radical (unpaired) electrons. The normalized spacial score (nSPS) is 38.4. The van der Waals surface area contributed by atoms with Crippen molar-refractivity contribution in [1.29, 1.82) is 10.8 Å². The Morgan fingerprint density at radius 2 is 1.35 bits per heavy atom. The molecular formula is C62H88N11O24. The van der Waals surface area contributed by atoms with Crippen molar-refractivity contribution in [3.05, 3.63) is 65.7 Å². The van der Waals surface area contributed by atoms with Crippen LogP contribution in [0.3, 0.4) is 0 Å². The average molecular weight is 1370 g/mol. The smallest absolute Gasteiger partial charge is 0.246 e. The summed E-state index contributed by atoms with van der Waals surface area (Å²) in [5, 5.41) is 167. The Kier molecular flexibility index (Phi) is 22.4. The molecule has 97 heavy (non-hydrogen) atoms. The summed E-state index contributed by atoms with van der Waals surface area (Å²) in [6.07, 6.45) is -22.5. The standard InChI is InChI=1S/C62H88N11O24/c1-24(28-5-3-2-4-6-28)39(63)54(88)69-33(53(87)71-40(42(78)34-17-66-60(64)70-34)56(90)72-41(55(89)68-31(19-74)20-75)43(79)35-18-67-61(65)73(35)57-48(84)45(81)44(80)36(21-76)93-57)16-25-7-9-32(10-8-25)92-58-49(85)46(82)51(37(22-77)94-58)96-59-50(86)47(83)52-38(95-59)23-91-62(97-52)29-12-26-11-27(14-29)15-30(62)13-26/h2-10,24,26-27,29-31,33-52,57-59,74,76-86H,11-19,21-23,63H2,1H3,(H2,65,67)(H,68,89)(H,69,88)(H,71,87)(H,72,90)(H3,64,66,70)/t24?,26?,27?,29?,30?,31-,33-,34?,35?,36?,37?,38?,39-,40-,41-,42?,43?,44?,45?,46?,47?,48?,49?,50?,51?,52?,57?,58?,59?,62?/m0/s1. The number of amides is 4. The topological polar surface area (TPSA) is 554 Å². The molecule has 2 aromatic rings. The second-order valence-electron chi connectivity index (χ2n) is 26.7. The van der Waals surface area contributed by atoms with Crippen LogP contribution in [0.1, 0.15) is 56.1 Å². The maximum Gasteiger partial charge on any atom is 0.246 e. The fourth-order valence-electron chi connectivity index (χ4n) is 15.4. The van der Waals surface area contributed by atoms with Gasteiger partial charge in [0.25, 0.3) is 0 Å². The Balaban J connectivity index is 0.798. The van der Waals surface area contributed by atoms with E-state index in [1.807, 2.05) is 0 Å². The zero-order chi connectivity index (χ0) is 69.5. The van der Waals surface area contributed by atoms with Crippen LogP contribution < -0.4 is 47.7 Å². The van der Waals surface area contributed by atoms with Crippen LogP contribution in [0.25, 0.3) is 0 Å². The molecule has 6 saturated heterocycles. The third-order valence-electron chi connectivity index (χ3n) is 20.6. The number of benzene rings is 2. The quantitative estimate of drug-likeness (QED) is 0.0439. The van der Waals surface area contributed by atoms with Crippen molar-refractivity contribution >= 4 is 41.8 Å². The molecule has 20 unspecified atom stereocenters. The van der Waals surface area contributed by atoms with Gasteiger partial charge in [-0.2, -0.15) is 0 Å². The van der Waals surface area contributed by atoms with E-state index in [4.69, 9.17) is 49.7 Å². The van der Waals surface area contributed by atoms with Crippen LogP contribution in [0.5, 0.6) is 5.75 Å². The first-order valence-corrected chi connectivity index (χ1v) is 32.6. The molecule has 10 fully saturated rings. The lowest BCUT2D eigenvalue weighted by atomic mass is 9.53. The number of aliphatic hydroxyl groups is 12. The zero-order valence-electron chi connectivity index (χ0n) is 52.7. The van der Waals surface area contributed by atoms with E-state index in [0.717, 1.165) is 30.6 Å². The monoisotopic (exact) mass is 1370 g/mol. The number of carbonyl (C=O) groups excluding carboxylic acids is 5. The Hall–Kier alpha value is -6.43. The maximum atomic E-state index is 15.0. The molecule has 10 aliphatic rings. The van der Waals surface area contributed by atoms with Gasteiger partial charge in [0.05, 0.1) is 44.6 Å². The summed E-state index contributed by atoms with van der Waals surface area (Å²) >= 11 is 0. The van der Waals surface area contributed by atoms with Gasteiger partial charge in [0.15, 0.2) is 30.2 Å². The van der Waals surface area contributed by atoms with E-state index in [0.29, 0.717) is 17.4 Å². The lowest BCUT2D eigenvalue weighted by molar-refractivity contribution is -0.437. The molecule has 12 rings (SSSR count). The SMILES string of the molecule is CC(c1ccccc1)[C@H](N)C(=O)N[C@@H](Cc1ccc(OC2OC(CO)C(OC3OC4COC5(OC4C(O)C3O)C3CC4CC(C3)CC5C4)C(O)C2O)cc1)C(=O)N[C@H](C(=O)N[C@H](C(=O)N[C@H]([C]=O)CO)C(O)C1CNC(=N)N1C1OC(CO)C(O)C(O)C1O)C(O)C1CNC(=N)N1. The van der Waals surface area contributed by atoms with Crippen molar-refractivity contribution in [3.8, 4) is 5.75 Å². The number of hydrogen-bond acceptors (Lipinski definition) is 27. The molecule has 4 aliphatic carbocycles. The largest absolute Gasteiger partial charge is 0.462 e. The predicted molar refractivity (Wildman–Crippen MR) is 328 cm³/mol. The molecule has 4 amide bonds. The van der Waals surface area contributed by atoms with Gasteiger partial charge in [0.1, 0.15) is 115 Å². The van der Waals surface area contributed by atoms with Gasteiger partial charge in [-0.1, -0.05) is 49.4 Å². The number of aliphatic hydroxyl groups excluding tert-OH is 12. The van der Waals surface area contributed by atoms with Crippen LogP contribution in [-0.4, -0.2) is 300 Å². The lowest BCUT2D eigenvalue weighted by Gasteiger charge is -2.63. The number of fused-ring (bicyclic) bond motifs is 1. The van der Waals surface area contributed by atoms with Gasteiger partial charge < -0.3 is 142 Å². The van der Waals surface area contributed by atoms with Gasteiger partial charge in [0.2, 0.25) is 36.2 Å². The van der Waals surface area contributed by atoms with E-state index < -0.39 is 221 Å². The number of nitrogens with zero attached hydrogens (tertiary/aromatic N) is 1. The van der Waals surface area contributed by atoms with Crippen molar-refractivity contribution in [2.45, 2.75) is 204 Å². The molecule has 2 aromatic carbocycles. The van der Waals surface area contributed by atoms with Gasteiger partial charge in [-0.3, -0.25) is 34.8 Å². The van der Waals surface area contributed by atoms with Crippen molar-refractivity contribution in [3.63, 3.8) is 0 Å². The summed E-state index contributed by atoms with van der Waals surface area (Å²) in [5.41, 5.74) is 7.47. The van der Waals surface area contributed by atoms with Crippen LogP contribution in [0.4, 0.5) is 0 Å². The third-order valence-corrected chi connectivity index (χ3v) is 20.6. The third kappa shape index (κ3) is 14.6. The van der Waals surface area contributed by atoms with E-state index in [2.05, 4.69) is 37.2 Å². The summed E-state index contributed by atoms with van der Waals surface area (Å²) in [5.74, 6) is -5.78. The number of ether oxygens (including phenoxy) is 7. The van der Waals surface area contributed by atoms with Gasteiger partial charge in [-0.25, -0.2) is 0 Å². The van der Waals surface area contributed by atoms with Crippen molar-refractivity contribution in [2.75, 3.05) is 39.5 Å². The van der Waals surface area contributed by atoms with Crippen LogP contribution in [0.2, 0.25) is 0 Å². The van der Waals surface area contributed by atoms with Crippen LogP contribution in [0, 0.1) is 34.5 Å². The molecule has 4 saturated carbocycles. The first kappa shape index (κ1) is 71.8. The second-order valence-corrected chi connectivity index (χ2v) is 26.7. The van der Waals surface area contributed by atoms with Crippen LogP contribution in [0.15, 0.2) is 54.6 Å². The van der Waals surface area contributed by atoms with E-state index in [1.165, 1.54) is 37.0 Å². The van der Waals surface area contributed by atoms with Crippen LogP contribution in [-0.2, 0) is 58.8 Å².